The number of rotatable bonds is 4. The Bertz CT molecular complexity index is 442. The van der Waals surface area contributed by atoms with Crippen LogP contribution < -0.4 is 5.32 Å². The molecule has 1 aromatic carbocycles. The summed E-state index contributed by atoms with van der Waals surface area (Å²) in [5.41, 5.74) is 1.16. The van der Waals surface area contributed by atoms with E-state index in [-0.39, 0.29) is 6.04 Å². The molecule has 2 aromatic rings. The topological polar surface area (TPSA) is 38.1 Å². The fourth-order valence-electron chi connectivity index (χ4n) is 1.48. The van der Waals surface area contributed by atoms with Crippen LogP contribution in [0.1, 0.15) is 24.3 Å². The fraction of sp³-hybridized carbons (Fsp3) is 0.250. The molecule has 0 spiro atoms. The van der Waals surface area contributed by atoms with Gasteiger partial charge in [-0.05, 0) is 24.6 Å². The maximum absolute atomic E-state index is 5.93. The van der Waals surface area contributed by atoms with Gasteiger partial charge in [0, 0.05) is 11.1 Å². The molecule has 2 rings (SSSR count). The van der Waals surface area contributed by atoms with Crippen LogP contribution in [0.5, 0.6) is 0 Å². The first-order chi connectivity index (χ1) is 7.75. The molecule has 16 heavy (non-hydrogen) atoms. The van der Waals surface area contributed by atoms with Gasteiger partial charge in [-0.1, -0.05) is 23.7 Å². The molecule has 0 aliphatic rings. The number of nitrogens with one attached hydrogen (secondary N) is 1. The van der Waals surface area contributed by atoms with Crippen LogP contribution in [0.4, 0.5) is 0 Å². The molecule has 1 aromatic heterocycles. The van der Waals surface area contributed by atoms with Crippen molar-refractivity contribution in [3.05, 3.63) is 53.2 Å². The third kappa shape index (κ3) is 2.84. The highest BCUT2D eigenvalue weighted by Gasteiger charge is 2.06. The Kier molecular flexibility index (Phi) is 3.59. The standard InChI is InChI=1S/C12H13ClN2O/c1-9(10-3-2-4-11(13)5-10)15-7-12-6-14-8-16-12/h2-6,8-9,15H,7H2,1H3/t9-/m1/s1. The number of aromatic nitrogens is 1. The molecule has 0 saturated carbocycles. The van der Waals surface area contributed by atoms with Crippen molar-refractivity contribution in [3.8, 4) is 0 Å². The summed E-state index contributed by atoms with van der Waals surface area (Å²) >= 11 is 5.93. The molecule has 0 aliphatic heterocycles. The van der Waals surface area contributed by atoms with E-state index >= 15 is 0 Å². The normalized spacial score (nSPS) is 12.6. The van der Waals surface area contributed by atoms with E-state index in [1.54, 1.807) is 6.20 Å². The highest BCUT2D eigenvalue weighted by Crippen LogP contribution is 2.17. The smallest absolute Gasteiger partial charge is 0.180 e. The summed E-state index contributed by atoms with van der Waals surface area (Å²) in [4.78, 5) is 3.86. The summed E-state index contributed by atoms with van der Waals surface area (Å²) in [6.07, 6.45) is 3.14. The van der Waals surface area contributed by atoms with Gasteiger partial charge in [-0.15, -0.1) is 0 Å². The Balaban J connectivity index is 1.95. The van der Waals surface area contributed by atoms with Gasteiger partial charge in [-0.3, -0.25) is 0 Å². The van der Waals surface area contributed by atoms with Gasteiger partial charge in [0.15, 0.2) is 6.39 Å². The summed E-state index contributed by atoms with van der Waals surface area (Å²) in [6, 6.07) is 8.05. The molecule has 0 aliphatic carbocycles. The van der Waals surface area contributed by atoms with Crippen molar-refractivity contribution in [2.75, 3.05) is 0 Å². The Morgan fingerprint density at radius 1 is 1.50 bits per heavy atom. The second kappa shape index (κ2) is 5.14. The minimum atomic E-state index is 0.226. The first-order valence-corrected chi connectivity index (χ1v) is 5.50. The van der Waals surface area contributed by atoms with Crippen molar-refractivity contribution in [1.29, 1.82) is 0 Å². The van der Waals surface area contributed by atoms with Gasteiger partial charge in [-0.2, -0.15) is 0 Å². The highest BCUT2D eigenvalue weighted by molar-refractivity contribution is 6.30. The Labute approximate surface area is 99.5 Å². The zero-order valence-electron chi connectivity index (χ0n) is 8.98. The van der Waals surface area contributed by atoms with Gasteiger partial charge >= 0.3 is 0 Å². The van der Waals surface area contributed by atoms with Gasteiger partial charge in [0.25, 0.3) is 0 Å². The minimum absolute atomic E-state index is 0.226. The molecule has 0 radical (unpaired) electrons. The summed E-state index contributed by atoms with van der Waals surface area (Å²) in [5, 5.41) is 4.09. The third-order valence-corrected chi connectivity index (χ3v) is 2.65. The third-order valence-electron chi connectivity index (χ3n) is 2.41. The van der Waals surface area contributed by atoms with E-state index in [2.05, 4.69) is 17.2 Å². The average Bonchev–Trinajstić information content (AvgIpc) is 2.78. The Morgan fingerprint density at radius 3 is 3.06 bits per heavy atom. The van der Waals surface area contributed by atoms with Crippen molar-refractivity contribution >= 4 is 11.6 Å². The van der Waals surface area contributed by atoms with Crippen LogP contribution in [-0.4, -0.2) is 4.98 Å². The van der Waals surface area contributed by atoms with E-state index in [0.29, 0.717) is 6.54 Å². The van der Waals surface area contributed by atoms with Crippen LogP contribution in [0.2, 0.25) is 5.02 Å². The Hall–Kier alpha value is -1.32. The predicted molar refractivity (Wildman–Crippen MR) is 63.2 cm³/mol. The van der Waals surface area contributed by atoms with Crippen LogP contribution in [-0.2, 0) is 6.54 Å². The first kappa shape index (κ1) is 11.2. The van der Waals surface area contributed by atoms with Crippen LogP contribution in [0, 0.1) is 0 Å². The van der Waals surface area contributed by atoms with Crippen molar-refractivity contribution in [2.24, 2.45) is 0 Å². The largest absolute Gasteiger partial charge is 0.447 e. The summed E-state index contributed by atoms with van der Waals surface area (Å²) in [7, 11) is 0. The molecule has 0 fully saturated rings. The van der Waals surface area contributed by atoms with Gasteiger partial charge in [0.2, 0.25) is 0 Å². The lowest BCUT2D eigenvalue weighted by molar-refractivity contribution is 0.458. The number of halogens is 1. The molecule has 4 heteroatoms. The molecular formula is C12H13ClN2O. The lowest BCUT2D eigenvalue weighted by Crippen LogP contribution is -2.17. The lowest BCUT2D eigenvalue weighted by Gasteiger charge is -2.13. The number of hydrogen-bond acceptors (Lipinski definition) is 3. The number of nitrogens with zero attached hydrogens (tertiary/aromatic N) is 1. The van der Waals surface area contributed by atoms with Crippen LogP contribution in [0.15, 0.2) is 41.3 Å². The molecule has 1 N–H and O–H groups in total. The van der Waals surface area contributed by atoms with Crippen LogP contribution in [0.25, 0.3) is 0 Å². The second-order valence-corrected chi connectivity index (χ2v) is 4.06. The minimum Gasteiger partial charge on any atom is -0.447 e. The van der Waals surface area contributed by atoms with E-state index in [4.69, 9.17) is 16.0 Å². The summed E-state index contributed by atoms with van der Waals surface area (Å²) in [5.74, 6) is 0.828. The van der Waals surface area contributed by atoms with Crippen LogP contribution in [0.3, 0.4) is 0 Å². The second-order valence-electron chi connectivity index (χ2n) is 3.63. The summed E-state index contributed by atoms with van der Waals surface area (Å²) < 4.78 is 5.14. The molecule has 0 saturated heterocycles. The monoisotopic (exact) mass is 236 g/mol. The average molecular weight is 237 g/mol. The van der Waals surface area contributed by atoms with Crippen molar-refractivity contribution < 1.29 is 4.42 Å². The van der Waals surface area contributed by atoms with E-state index in [1.807, 2.05) is 24.3 Å². The zero-order chi connectivity index (χ0) is 11.4. The zero-order valence-corrected chi connectivity index (χ0v) is 9.74. The Morgan fingerprint density at radius 2 is 2.38 bits per heavy atom. The fourth-order valence-corrected chi connectivity index (χ4v) is 1.68. The maximum atomic E-state index is 5.93. The molecule has 0 amide bonds. The van der Waals surface area contributed by atoms with E-state index < -0.39 is 0 Å². The molecule has 0 bridgehead atoms. The first-order valence-electron chi connectivity index (χ1n) is 5.12. The van der Waals surface area contributed by atoms with E-state index in [0.717, 1.165) is 16.3 Å². The maximum Gasteiger partial charge on any atom is 0.180 e. The van der Waals surface area contributed by atoms with Crippen molar-refractivity contribution in [1.82, 2.24) is 10.3 Å². The highest BCUT2D eigenvalue weighted by atomic mass is 35.5. The van der Waals surface area contributed by atoms with Gasteiger partial charge < -0.3 is 9.73 Å². The van der Waals surface area contributed by atoms with Crippen LogP contribution >= 0.6 is 11.6 Å². The lowest BCUT2D eigenvalue weighted by atomic mass is 10.1. The number of oxazole rings is 1. The number of hydrogen-bond donors (Lipinski definition) is 1. The quantitative estimate of drug-likeness (QED) is 0.886. The van der Waals surface area contributed by atoms with E-state index in [1.165, 1.54) is 6.39 Å². The molecule has 0 unspecified atom stereocenters. The van der Waals surface area contributed by atoms with E-state index in [9.17, 15) is 0 Å². The molecular weight excluding hydrogens is 224 g/mol. The predicted octanol–water partition coefficient (Wildman–Crippen LogP) is 3.18. The SMILES string of the molecule is C[C@@H](NCc1cnco1)c1cccc(Cl)c1. The molecule has 1 atom stereocenters. The van der Waals surface area contributed by atoms with Crippen molar-refractivity contribution in [3.63, 3.8) is 0 Å². The molecule has 84 valence electrons. The van der Waals surface area contributed by atoms with Gasteiger partial charge in [0.05, 0.1) is 12.7 Å². The molecule has 1 heterocycles. The van der Waals surface area contributed by atoms with Crippen molar-refractivity contribution in [2.45, 2.75) is 19.5 Å². The van der Waals surface area contributed by atoms with Gasteiger partial charge in [0.1, 0.15) is 5.76 Å². The van der Waals surface area contributed by atoms with Gasteiger partial charge in [-0.25, -0.2) is 4.98 Å². The molecule has 3 nitrogen and oxygen atoms in total. The number of benzene rings is 1. The summed E-state index contributed by atoms with van der Waals surface area (Å²) in [6.45, 7) is 2.75.